The second-order valence-corrected chi connectivity index (χ2v) is 7.42. The van der Waals surface area contributed by atoms with E-state index >= 15 is 0 Å². The van der Waals surface area contributed by atoms with E-state index in [-0.39, 0.29) is 36.5 Å². The Morgan fingerprint density at radius 2 is 1.88 bits per heavy atom. The highest BCUT2D eigenvalue weighted by atomic mass is 16.4. The largest absolute Gasteiger partial charge is 0.481 e. The van der Waals surface area contributed by atoms with Crippen LogP contribution in [0.2, 0.25) is 0 Å². The van der Waals surface area contributed by atoms with Gasteiger partial charge < -0.3 is 31.5 Å². The van der Waals surface area contributed by atoms with Gasteiger partial charge in [0.1, 0.15) is 6.04 Å². The van der Waals surface area contributed by atoms with Gasteiger partial charge in [-0.15, -0.1) is 0 Å². The van der Waals surface area contributed by atoms with E-state index in [2.05, 4.69) is 36.6 Å². The smallest absolute Gasteiger partial charge is 0.326 e. The Hall–Kier alpha value is -4.30. The molecule has 14 nitrogen and oxygen atoms in total. The molecule has 0 radical (unpaired) electrons. The Morgan fingerprint density at radius 1 is 1.18 bits per heavy atom. The first-order chi connectivity index (χ1) is 16.1. The molecule has 1 aliphatic rings. The third-order valence-corrected chi connectivity index (χ3v) is 4.93. The summed E-state index contributed by atoms with van der Waals surface area (Å²) < 4.78 is 0. The molecule has 1 unspecified atom stereocenters. The monoisotopic (exact) mass is 472 g/mol. The number of carbonyl (C=O) groups excluding carboxylic acids is 2. The third-order valence-electron chi connectivity index (χ3n) is 4.93. The first kappa shape index (κ1) is 24.3. The minimum Gasteiger partial charge on any atom is -0.481 e. The van der Waals surface area contributed by atoms with Crippen LogP contribution in [-0.4, -0.2) is 62.9 Å². The van der Waals surface area contributed by atoms with E-state index in [1.54, 1.807) is 19.2 Å². The highest BCUT2D eigenvalue weighted by Crippen LogP contribution is 2.18. The van der Waals surface area contributed by atoms with E-state index in [1.165, 1.54) is 18.3 Å². The Morgan fingerprint density at radius 3 is 2.50 bits per heavy atom. The van der Waals surface area contributed by atoms with Crippen LogP contribution in [0.25, 0.3) is 0 Å². The number of hydrogen-bond donors (Lipinski definition) is 8. The van der Waals surface area contributed by atoms with E-state index in [0.29, 0.717) is 11.4 Å². The fraction of sp³-hybridized carbons (Fsp3) is 0.300. The lowest BCUT2D eigenvalue weighted by atomic mass is 10.1. The number of hydrogen-bond acceptors (Lipinski definition) is 10. The molecule has 0 saturated heterocycles. The van der Waals surface area contributed by atoms with Crippen LogP contribution in [0.4, 0.5) is 11.5 Å². The predicted molar refractivity (Wildman–Crippen MR) is 119 cm³/mol. The second-order valence-electron chi connectivity index (χ2n) is 7.42. The SMILES string of the molecule is CNC1(N)NC(=O)c2nc(CNc3ccc(C(=O)N[C@@H](CCC(=O)O)C(=O)O)cc3)cnc2N1. The zero-order chi connectivity index (χ0) is 24.9. The zero-order valence-electron chi connectivity index (χ0n) is 18.1. The number of fused-ring (bicyclic) bond motifs is 1. The van der Waals surface area contributed by atoms with E-state index in [4.69, 9.17) is 15.9 Å². The molecule has 1 aromatic heterocycles. The van der Waals surface area contributed by atoms with Crippen LogP contribution in [0.15, 0.2) is 30.5 Å². The van der Waals surface area contributed by atoms with Crippen LogP contribution >= 0.6 is 0 Å². The molecule has 1 aliphatic heterocycles. The maximum atomic E-state index is 12.3. The molecule has 180 valence electrons. The lowest BCUT2D eigenvalue weighted by Gasteiger charge is -2.35. The predicted octanol–water partition coefficient (Wildman–Crippen LogP) is -0.919. The molecule has 3 rings (SSSR count). The van der Waals surface area contributed by atoms with Crippen molar-refractivity contribution in [2.45, 2.75) is 31.3 Å². The van der Waals surface area contributed by atoms with Gasteiger partial charge >= 0.3 is 11.9 Å². The fourth-order valence-electron chi connectivity index (χ4n) is 3.04. The van der Waals surface area contributed by atoms with Crippen LogP contribution < -0.4 is 32.3 Å². The molecule has 14 heteroatoms. The van der Waals surface area contributed by atoms with Crippen molar-refractivity contribution < 1.29 is 29.4 Å². The maximum absolute atomic E-state index is 12.3. The van der Waals surface area contributed by atoms with Gasteiger partial charge in [-0.05, 0) is 37.7 Å². The van der Waals surface area contributed by atoms with Crippen LogP contribution in [0.5, 0.6) is 0 Å². The Balaban J connectivity index is 1.59. The van der Waals surface area contributed by atoms with Crippen molar-refractivity contribution in [1.82, 2.24) is 25.9 Å². The topological polar surface area (TPSA) is 221 Å². The van der Waals surface area contributed by atoms with Crippen molar-refractivity contribution in [3.63, 3.8) is 0 Å². The maximum Gasteiger partial charge on any atom is 0.326 e. The molecule has 1 aromatic carbocycles. The molecule has 2 atom stereocenters. The number of benzene rings is 1. The van der Waals surface area contributed by atoms with Crippen molar-refractivity contribution in [2.75, 3.05) is 17.7 Å². The molecular weight excluding hydrogens is 448 g/mol. The van der Waals surface area contributed by atoms with E-state index in [1.807, 2.05) is 0 Å². The first-order valence-electron chi connectivity index (χ1n) is 10.1. The van der Waals surface area contributed by atoms with E-state index in [0.717, 1.165) is 0 Å². The Bertz CT molecular complexity index is 1110. The van der Waals surface area contributed by atoms with Gasteiger partial charge in [0.15, 0.2) is 11.5 Å². The molecular formula is C20H24N8O6. The van der Waals surface area contributed by atoms with Crippen LogP contribution in [0, 0.1) is 0 Å². The number of anilines is 2. The molecule has 0 bridgehead atoms. The number of nitrogens with two attached hydrogens (primary N) is 1. The molecule has 2 aromatic rings. The molecule has 0 fully saturated rings. The van der Waals surface area contributed by atoms with Gasteiger partial charge in [0.05, 0.1) is 18.4 Å². The van der Waals surface area contributed by atoms with Gasteiger partial charge in [-0.1, -0.05) is 0 Å². The molecule has 2 heterocycles. The molecule has 0 saturated carbocycles. The number of carboxylic acid groups (broad SMARTS) is 2. The number of carbonyl (C=O) groups is 4. The van der Waals surface area contributed by atoms with E-state index < -0.39 is 35.7 Å². The molecule has 9 N–H and O–H groups in total. The summed E-state index contributed by atoms with van der Waals surface area (Å²) in [6.07, 6.45) is 0.872. The van der Waals surface area contributed by atoms with Crippen molar-refractivity contribution in [3.05, 3.63) is 47.4 Å². The van der Waals surface area contributed by atoms with Gasteiger partial charge in [0.2, 0.25) is 5.91 Å². The van der Waals surface area contributed by atoms with Crippen LogP contribution in [0.1, 0.15) is 39.4 Å². The summed E-state index contributed by atoms with van der Waals surface area (Å²) in [5.74, 6) is -4.68. The zero-order valence-corrected chi connectivity index (χ0v) is 18.1. The number of rotatable bonds is 10. The highest BCUT2D eigenvalue weighted by molar-refractivity contribution is 5.99. The highest BCUT2D eigenvalue weighted by Gasteiger charge is 2.34. The number of nitrogens with zero attached hydrogens (tertiary/aromatic N) is 2. The van der Waals surface area contributed by atoms with Gasteiger partial charge in [-0.3, -0.25) is 25.4 Å². The summed E-state index contributed by atoms with van der Waals surface area (Å²) in [5, 5.41) is 31.4. The summed E-state index contributed by atoms with van der Waals surface area (Å²) in [6, 6.07) is 4.88. The molecule has 0 aliphatic carbocycles. The minimum absolute atomic E-state index is 0.0959. The normalized spacial score (nSPS) is 17.5. The van der Waals surface area contributed by atoms with Crippen molar-refractivity contribution in [2.24, 2.45) is 5.73 Å². The van der Waals surface area contributed by atoms with Gasteiger partial charge in [0, 0.05) is 17.7 Å². The lowest BCUT2D eigenvalue weighted by Crippen LogP contribution is -2.71. The molecule has 34 heavy (non-hydrogen) atoms. The number of amides is 2. The Kier molecular flexibility index (Phi) is 7.23. The lowest BCUT2D eigenvalue weighted by molar-refractivity contribution is -0.140. The Labute approximate surface area is 193 Å². The van der Waals surface area contributed by atoms with Crippen LogP contribution in [-0.2, 0) is 16.1 Å². The summed E-state index contributed by atoms with van der Waals surface area (Å²) in [5.41, 5.74) is 7.34. The van der Waals surface area contributed by atoms with Crippen molar-refractivity contribution in [3.8, 4) is 0 Å². The first-order valence-corrected chi connectivity index (χ1v) is 10.1. The third kappa shape index (κ3) is 5.93. The van der Waals surface area contributed by atoms with Gasteiger partial charge in [0.25, 0.3) is 11.8 Å². The van der Waals surface area contributed by atoms with Gasteiger partial charge in [-0.2, -0.15) is 0 Å². The number of carboxylic acids is 2. The van der Waals surface area contributed by atoms with Crippen molar-refractivity contribution >= 4 is 35.3 Å². The molecule has 0 spiro atoms. The minimum atomic E-state index is -1.33. The summed E-state index contributed by atoms with van der Waals surface area (Å²) in [7, 11) is 1.57. The number of nitrogens with one attached hydrogen (secondary N) is 5. The quantitative estimate of drug-likeness (QED) is 0.197. The summed E-state index contributed by atoms with van der Waals surface area (Å²) in [4.78, 5) is 55.0. The summed E-state index contributed by atoms with van der Waals surface area (Å²) >= 11 is 0. The number of aliphatic carboxylic acids is 2. The summed E-state index contributed by atoms with van der Waals surface area (Å²) in [6.45, 7) is 0.231. The molecule has 2 amide bonds. The standard InChI is InChI=1S/C20H24N8O6/c1-22-20(21)27-16-15(18(32)28-20)25-12(9-24-16)8-23-11-4-2-10(3-5-11)17(31)26-13(19(33)34)6-7-14(29)30/h2-5,9,13,22-23H,6-8,21H2,1H3,(H,24,27)(H,26,31)(H,28,32)(H,29,30)(H,33,34)/t13-,20?/m0/s1. The van der Waals surface area contributed by atoms with E-state index in [9.17, 15) is 19.2 Å². The number of aromatic nitrogens is 2. The fourth-order valence-corrected chi connectivity index (χ4v) is 3.04. The van der Waals surface area contributed by atoms with Crippen LogP contribution in [0.3, 0.4) is 0 Å². The average Bonchev–Trinajstić information content (AvgIpc) is 2.80. The second kappa shape index (κ2) is 10.1. The van der Waals surface area contributed by atoms with Gasteiger partial charge in [-0.25, -0.2) is 14.8 Å². The van der Waals surface area contributed by atoms with Crippen molar-refractivity contribution in [1.29, 1.82) is 0 Å². The average molecular weight is 472 g/mol.